The van der Waals surface area contributed by atoms with E-state index >= 15 is 0 Å². The van der Waals surface area contributed by atoms with Crippen LogP contribution in [0.15, 0.2) is 21.1 Å². The third-order valence-corrected chi connectivity index (χ3v) is 3.45. The van der Waals surface area contributed by atoms with Crippen LogP contribution in [0.5, 0.6) is 0 Å². The Morgan fingerprint density at radius 3 is 2.15 bits per heavy atom. The number of anilines is 1. The topological polar surface area (TPSA) is 51.8 Å². The molecule has 0 aliphatic heterocycles. The second-order valence-electron chi connectivity index (χ2n) is 3.79. The molecule has 0 aliphatic rings. The van der Waals surface area contributed by atoms with E-state index in [-0.39, 0.29) is 15.4 Å². The van der Waals surface area contributed by atoms with Gasteiger partial charge in [0.05, 0.1) is 5.52 Å². The molecule has 0 saturated carbocycles. The fourth-order valence-corrected chi connectivity index (χ4v) is 2.76. The first-order chi connectivity index (χ1) is 9.04. The lowest BCUT2D eigenvalue weighted by Gasteiger charge is -2.19. The van der Waals surface area contributed by atoms with Gasteiger partial charge in [0.25, 0.3) is 0 Å². The molecule has 1 aromatic heterocycles. The average molecular weight is 421 g/mol. The summed E-state index contributed by atoms with van der Waals surface area (Å²) in [5.74, 6) is -7.32. The molecule has 0 fully saturated rings. The molecule has 2 rings (SSSR count). The van der Waals surface area contributed by atoms with Crippen molar-refractivity contribution in [3.8, 4) is 0 Å². The summed E-state index contributed by atoms with van der Waals surface area (Å²) in [5, 5.41) is 0.160. The van der Waals surface area contributed by atoms with E-state index in [0.29, 0.717) is 4.47 Å². The summed E-state index contributed by atoms with van der Waals surface area (Å²) in [6.45, 7) is 0. The molecule has 0 amide bonds. The van der Waals surface area contributed by atoms with E-state index in [4.69, 9.17) is 5.73 Å². The zero-order chi connectivity index (χ0) is 15.3. The number of rotatable bonds is 1. The summed E-state index contributed by atoms with van der Waals surface area (Å²) in [7, 11) is 0. The zero-order valence-corrected chi connectivity index (χ0v) is 12.4. The molecular weight excluding hydrogens is 417 g/mol. The van der Waals surface area contributed by atoms with Crippen molar-refractivity contribution in [2.24, 2.45) is 0 Å². The van der Waals surface area contributed by atoms with Gasteiger partial charge in [-0.15, -0.1) is 0 Å². The van der Waals surface area contributed by atoms with Crippen LogP contribution in [0.1, 0.15) is 5.82 Å². The Morgan fingerprint density at radius 2 is 1.60 bits per heavy atom. The molecule has 0 saturated heterocycles. The first kappa shape index (κ1) is 15.4. The first-order valence-corrected chi connectivity index (χ1v) is 6.50. The molecule has 2 aromatic rings. The molecule has 3 nitrogen and oxygen atoms in total. The average Bonchev–Trinajstić information content (AvgIpc) is 2.28. The monoisotopic (exact) mass is 419 g/mol. The van der Waals surface area contributed by atoms with Gasteiger partial charge in [0, 0.05) is 14.3 Å². The van der Waals surface area contributed by atoms with Crippen molar-refractivity contribution >= 4 is 48.6 Å². The maximum absolute atomic E-state index is 13.3. The van der Waals surface area contributed by atoms with E-state index in [1.807, 2.05) is 0 Å². The van der Waals surface area contributed by atoms with Crippen molar-refractivity contribution in [3.05, 3.63) is 26.9 Å². The van der Waals surface area contributed by atoms with Crippen LogP contribution in [-0.2, 0) is 5.92 Å². The minimum atomic E-state index is -5.80. The Morgan fingerprint density at radius 1 is 1.00 bits per heavy atom. The van der Waals surface area contributed by atoms with Gasteiger partial charge in [-0.3, -0.25) is 0 Å². The number of fused-ring (bicyclic) bond motifs is 1. The number of nitrogen functional groups attached to an aromatic ring is 1. The normalized spacial score (nSPS) is 12.9. The van der Waals surface area contributed by atoms with Gasteiger partial charge in [-0.1, -0.05) is 15.9 Å². The van der Waals surface area contributed by atoms with Crippen molar-refractivity contribution in [3.63, 3.8) is 0 Å². The number of benzene rings is 1. The quantitative estimate of drug-likeness (QED) is 0.696. The molecule has 0 spiro atoms. The summed E-state index contributed by atoms with van der Waals surface area (Å²) in [6.07, 6.45) is -5.80. The smallest absolute Gasteiger partial charge is 0.383 e. The van der Waals surface area contributed by atoms with E-state index in [2.05, 4.69) is 41.8 Å². The van der Waals surface area contributed by atoms with E-state index < -0.39 is 23.7 Å². The highest BCUT2D eigenvalue weighted by molar-refractivity contribution is 9.11. The number of hydrogen-bond donors (Lipinski definition) is 1. The summed E-state index contributed by atoms with van der Waals surface area (Å²) in [4.78, 5) is 6.36. The molecule has 0 radical (unpaired) electrons. The third-order valence-electron chi connectivity index (χ3n) is 2.39. The van der Waals surface area contributed by atoms with Crippen LogP contribution in [0.25, 0.3) is 10.9 Å². The summed E-state index contributed by atoms with van der Waals surface area (Å²) < 4.78 is 64.2. The van der Waals surface area contributed by atoms with Crippen LogP contribution in [0, 0.1) is 0 Å². The van der Waals surface area contributed by atoms with Gasteiger partial charge in [-0.25, -0.2) is 9.97 Å². The summed E-state index contributed by atoms with van der Waals surface area (Å²) in [6, 6.07) is 2.87. The largest absolute Gasteiger partial charge is 0.461 e. The number of nitrogens with two attached hydrogens (primary N) is 1. The maximum Gasteiger partial charge on any atom is 0.461 e. The van der Waals surface area contributed by atoms with Gasteiger partial charge < -0.3 is 5.73 Å². The first-order valence-electron chi connectivity index (χ1n) is 4.91. The molecule has 0 bridgehead atoms. The lowest BCUT2D eigenvalue weighted by molar-refractivity contribution is -0.292. The second kappa shape index (κ2) is 4.76. The van der Waals surface area contributed by atoms with Crippen LogP contribution in [-0.4, -0.2) is 16.1 Å². The standard InChI is InChI=1S/C10H4Br2F5N3/c11-3-1-4-6(5(12)2-3)19-8(20-7(4)18)9(13,14)10(15,16)17/h1-2H,(H2,18,19,20). The Balaban J connectivity index is 2.77. The van der Waals surface area contributed by atoms with E-state index in [0.717, 1.165) is 0 Å². The Hall–Kier alpha value is -1.03. The molecule has 108 valence electrons. The fourth-order valence-electron chi connectivity index (χ4n) is 1.45. The summed E-state index contributed by atoms with van der Waals surface area (Å²) in [5.41, 5.74) is 5.32. The molecule has 0 aliphatic carbocycles. The molecular formula is C10H4Br2F5N3. The Labute approximate surface area is 125 Å². The minimum Gasteiger partial charge on any atom is -0.383 e. The van der Waals surface area contributed by atoms with Crippen molar-refractivity contribution in [2.45, 2.75) is 12.1 Å². The molecule has 1 heterocycles. The number of nitrogens with zero attached hydrogens (tertiary/aromatic N) is 2. The SMILES string of the molecule is Nc1nc(C(F)(F)C(F)(F)F)nc2c(Br)cc(Br)cc12. The maximum atomic E-state index is 13.3. The molecule has 2 N–H and O–H groups in total. The zero-order valence-electron chi connectivity index (χ0n) is 9.27. The molecule has 10 heteroatoms. The van der Waals surface area contributed by atoms with Gasteiger partial charge in [0.2, 0.25) is 5.82 Å². The van der Waals surface area contributed by atoms with Crippen LogP contribution in [0.2, 0.25) is 0 Å². The molecule has 0 unspecified atom stereocenters. The van der Waals surface area contributed by atoms with Gasteiger partial charge >= 0.3 is 12.1 Å². The highest BCUT2D eigenvalue weighted by Crippen LogP contribution is 2.43. The van der Waals surface area contributed by atoms with Crippen molar-refractivity contribution in [2.75, 3.05) is 5.73 Å². The molecule has 0 atom stereocenters. The van der Waals surface area contributed by atoms with Crippen LogP contribution >= 0.6 is 31.9 Å². The molecule has 20 heavy (non-hydrogen) atoms. The highest BCUT2D eigenvalue weighted by atomic mass is 79.9. The predicted molar refractivity (Wildman–Crippen MR) is 69.3 cm³/mol. The lowest BCUT2D eigenvalue weighted by Crippen LogP contribution is -2.35. The fraction of sp³-hybridized carbons (Fsp3) is 0.200. The van der Waals surface area contributed by atoms with Gasteiger partial charge in [-0.05, 0) is 28.1 Å². The van der Waals surface area contributed by atoms with Gasteiger partial charge in [0.15, 0.2) is 0 Å². The van der Waals surface area contributed by atoms with Crippen LogP contribution in [0.3, 0.4) is 0 Å². The van der Waals surface area contributed by atoms with Crippen LogP contribution in [0.4, 0.5) is 27.8 Å². The number of hydrogen-bond acceptors (Lipinski definition) is 3. The van der Waals surface area contributed by atoms with Gasteiger partial charge in [0.1, 0.15) is 5.82 Å². The van der Waals surface area contributed by atoms with Crippen molar-refractivity contribution in [1.82, 2.24) is 9.97 Å². The number of halogens is 7. The van der Waals surface area contributed by atoms with E-state index in [1.54, 1.807) is 0 Å². The van der Waals surface area contributed by atoms with Crippen molar-refractivity contribution < 1.29 is 22.0 Å². The molecule has 1 aromatic carbocycles. The summed E-state index contributed by atoms with van der Waals surface area (Å²) >= 11 is 6.17. The van der Waals surface area contributed by atoms with Crippen LogP contribution < -0.4 is 5.73 Å². The number of aromatic nitrogens is 2. The highest BCUT2D eigenvalue weighted by Gasteiger charge is 2.61. The Bertz CT molecular complexity index is 687. The minimum absolute atomic E-state index is 0.125. The third kappa shape index (κ3) is 2.46. The lowest BCUT2D eigenvalue weighted by atomic mass is 10.2. The predicted octanol–water partition coefficient (Wildman–Crippen LogP) is 4.39. The van der Waals surface area contributed by atoms with Gasteiger partial charge in [-0.2, -0.15) is 22.0 Å². The second-order valence-corrected chi connectivity index (χ2v) is 5.56. The Kier molecular flexibility index (Phi) is 3.66. The van der Waals surface area contributed by atoms with E-state index in [1.165, 1.54) is 12.1 Å². The van der Waals surface area contributed by atoms with E-state index in [9.17, 15) is 22.0 Å². The number of alkyl halides is 5. The van der Waals surface area contributed by atoms with Crippen molar-refractivity contribution in [1.29, 1.82) is 0 Å².